The molecule has 1 saturated heterocycles. The number of hydrogen-bond acceptors (Lipinski definition) is 5. The first-order chi connectivity index (χ1) is 14.9. The van der Waals surface area contributed by atoms with E-state index in [0.717, 1.165) is 30.6 Å². The molecule has 1 aliphatic rings. The number of halogens is 1. The van der Waals surface area contributed by atoms with Gasteiger partial charge in [-0.3, -0.25) is 14.2 Å². The van der Waals surface area contributed by atoms with Crippen LogP contribution in [0.2, 0.25) is 0 Å². The third-order valence-corrected chi connectivity index (χ3v) is 5.88. The van der Waals surface area contributed by atoms with Crippen LogP contribution in [0.1, 0.15) is 16.8 Å². The van der Waals surface area contributed by atoms with E-state index in [1.165, 1.54) is 6.07 Å². The van der Waals surface area contributed by atoms with Crippen LogP contribution in [-0.4, -0.2) is 51.6 Å². The predicted octanol–water partition coefficient (Wildman–Crippen LogP) is 2.65. The molecule has 0 bridgehead atoms. The van der Waals surface area contributed by atoms with Crippen molar-refractivity contribution in [2.45, 2.75) is 12.5 Å². The smallest absolute Gasteiger partial charge is 0.257 e. The van der Waals surface area contributed by atoms with Crippen molar-refractivity contribution >= 4 is 39.1 Å². The molecule has 5 rings (SSSR count). The highest BCUT2D eigenvalue weighted by Gasteiger charge is 2.25. The van der Waals surface area contributed by atoms with E-state index in [-0.39, 0.29) is 11.4 Å². The number of nitrogens with one attached hydrogen (secondary N) is 2. The summed E-state index contributed by atoms with van der Waals surface area (Å²) >= 11 is 0. The monoisotopic (exact) mass is 421 g/mol. The van der Waals surface area contributed by atoms with Gasteiger partial charge in [-0.15, -0.1) is 0 Å². The lowest BCUT2D eigenvalue weighted by Crippen LogP contribution is -2.29. The molecule has 1 aliphatic heterocycles. The summed E-state index contributed by atoms with van der Waals surface area (Å²) in [6.07, 6.45) is 4.73. The van der Waals surface area contributed by atoms with Gasteiger partial charge < -0.3 is 15.5 Å². The Morgan fingerprint density at radius 2 is 1.90 bits per heavy atom. The standard InChI is InChI=1S/C22H24FN7O/c1-24-14-6-7-30(11-14)19-5-4-16(21-17(19)12-29(3)27-21)22(31)25-15-8-13-10-28(2)26-20(13)18(23)9-15/h4-5,8-10,12,14,24H,6-7,11H2,1-3H3,(H,25,31). The number of likely N-dealkylation sites (N-methyl/N-ethyl adjacent to an activating group) is 1. The van der Waals surface area contributed by atoms with E-state index in [4.69, 9.17) is 0 Å². The van der Waals surface area contributed by atoms with Gasteiger partial charge in [-0.2, -0.15) is 10.2 Å². The van der Waals surface area contributed by atoms with Crippen LogP contribution < -0.4 is 15.5 Å². The molecule has 3 heterocycles. The third-order valence-electron chi connectivity index (χ3n) is 5.88. The molecule has 1 atom stereocenters. The second kappa shape index (κ2) is 7.35. The Morgan fingerprint density at radius 3 is 2.68 bits per heavy atom. The summed E-state index contributed by atoms with van der Waals surface area (Å²) in [6, 6.07) is 7.23. The second-order valence-corrected chi connectivity index (χ2v) is 8.07. The molecule has 0 aliphatic carbocycles. The number of nitrogens with zero attached hydrogens (tertiary/aromatic N) is 5. The highest BCUT2D eigenvalue weighted by Crippen LogP contribution is 2.32. The van der Waals surface area contributed by atoms with Gasteiger partial charge in [0.2, 0.25) is 0 Å². The average Bonchev–Trinajstić information content (AvgIpc) is 3.44. The van der Waals surface area contributed by atoms with Crippen molar-refractivity contribution in [2.75, 3.05) is 30.4 Å². The summed E-state index contributed by atoms with van der Waals surface area (Å²) in [4.78, 5) is 15.4. The lowest BCUT2D eigenvalue weighted by atomic mass is 10.1. The lowest BCUT2D eigenvalue weighted by Gasteiger charge is -2.20. The fourth-order valence-electron chi connectivity index (χ4n) is 4.36. The van der Waals surface area contributed by atoms with E-state index in [1.54, 1.807) is 34.7 Å². The van der Waals surface area contributed by atoms with Gasteiger partial charge in [0.25, 0.3) is 5.91 Å². The minimum absolute atomic E-state index is 0.280. The first-order valence-corrected chi connectivity index (χ1v) is 10.3. The van der Waals surface area contributed by atoms with Gasteiger partial charge in [0.15, 0.2) is 5.82 Å². The number of hydrogen-bond donors (Lipinski definition) is 2. The highest BCUT2D eigenvalue weighted by atomic mass is 19.1. The minimum atomic E-state index is -0.472. The topological polar surface area (TPSA) is 80.0 Å². The number of carbonyl (C=O) groups excluding carboxylic acids is 1. The van der Waals surface area contributed by atoms with Gasteiger partial charge in [-0.25, -0.2) is 4.39 Å². The maximum atomic E-state index is 14.4. The summed E-state index contributed by atoms with van der Waals surface area (Å²) < 4.78 is 17.7. The van der Waals surface area contributed by atoms with E-state index in [2.05, 4.69) is 25.7 Å². The van der Waals surface area contributed by atoms with E-state index in [1.807, 2.05) is 26.4 Å². The van der Waals surface area contributed by atoms with Crippen molar-refractivity contribution in [1.82, 2.24) is 24.9 Å². The number of aromatic nitrogens is 4. The second-order valence-electron chi connectivity index (χ2n) is 8.07. The third kappa shape index (κ3) is 3.40. The van der Waals surface area contributed by atoms with Crippen LogP contribution in [0.25, 0.3) is 21.8 Å². The number of amides is 1. The van der Waals surface area contributed by atoms with Gasteiger partial charge in [0.1, 0.15) is 11.0 Å². The van der Waals surface area contributed by atoms with Crippen molar-refractivity contribution in [3.8, 4) is 0 Å². The van der Waals surface area contributed by atoms with Crippen LogP contribution in [0.3, 0.4) is 0 Å². The first-order valence-electron chi connectivity index (χ1n) is 10.3. The number of rotatable bonds is 4. The maximum Gasteiger partial charge on any atom is 0.257 e. The van der Waals surface area contributed by atoms with Crippen LogP contribution in [0.5, 0.6) is 0 Å². The summed E-state index contributed by atoms with van der Waals surface area (Å²) in [5.41, 5.74) is 2.82. The zero-order valence-electron chi connectivity index (χ0n) is 17.7. The van der Waals surface area contributed by atoms with Gasteiger partial charge in [-0.1, -0.05) is 0 Å². The molecule has 4 aromatic rings. The normalized spacial score (nSPS) is 16.5. The van der Waals surface area contributed by atoms with Crippen LogP contribution >= 0.6 is 0 Å². The summed E-state index contributed by atoms with van der Waals surface area (Å²) in [6.45, 7) is 1.86. The number of aryl methyl sites for hydroxylation is 2. The number of benzene rings is 2. The summed E-state index contributed by atoms with van der Waals surface area (Å²) in [5, 5.41) is 16.4. The largest absolute Gasteiger partial charge is 0.369 e. The van der Waals surface area contributed by atoms with Gasteiger partial charge >= 0.3 is 0 Å². The quantitative estimate of drug-likeness (QED) is 0.530. The van der Waals surface area contributed by atoms with Crippen molar-refractivity contribution in [3.05, 3.63) is 48.0 Å². The molecule has 1 amide bonds. The molecule has 160 valence electrons. The van der Waals surface area contributed by atoms with Crippen LogP contribution in [0, 0.1) is 5.82 Å². The van der Waals surface area contributed by atoms with Gasteiger partial charge in [0, 0.05) is 67.8 Å². The Hall–Kier alpha value is -3.46. The van der Waals surface area contributed by atoms with E-state index < -0.39 is 5.82 Å². The lowest BCUT2D eigenvalue weighted by molar-refractivity contribution is 0.102. The molecule has 0 radical (unpaired) electrons. The average molecular weight is 421 g/mol. The predicted molar refractivity (Wildman–Crippen MR) is 119 cm³/mol. The first kappa shape index (κ1) is 19.5. The summed E-state index contributed by atoms with van der Waals surface area (Å²) in [7, 11) is 5.56. The maximum absolute atomic E-state index is 14.4. The Balaban J connectivity index is 1.49. The van der Waals surface area contributed by atoms with Crippen molar-refractivity contribution in [3.63, 3.8) is 0 Å². The van der Waals surface area contributed by atoms with E-state index in [0.29, 0.717) is 28.2 Å². The molecular formula is C22H24FN7O. The molecule has 1 fully saturated rings. The molecule has 8 nitrogen and oxygen atoms in total. The number of carbonyl (C=O) groups is 1. The van der Waals surface area contributed by atoms with Crippen LogP contribution in [0.15, 0.2) is 36.7 Å². The Bertz CT molecular complexity index is 1310. The highest BCUT2D eigenvalue weighted by molar-refractivity contribution is 6.14. The van der Waals surface area contributed by atoms with Gasteiger partial charge in [0.05, 0.1) is 5.56 Å². The van der Waals surface area contributed by atoms with Crippen LogP contribution in [0.4, 0.5) is 15.8 Å². The molecule has 9 heteroatoms. The van der Waals surface area contributed by atoms with Crippen molar-refractivity contribution in [2.24, 2.45) is 14.1 Å². The van der Waals surface area contributed by atoms with Crippen molar-refractivity contribution < 1.29 is 9.18 Å². The number of fused-ring (bicyclic) bond motifs is 2. The Kier molecular flexibility index (Phi) is 4.62. The molecule has 2 aromatic heterocycles. The fraction of sp³-hybridized carbons (Fsp3) is 0.318. The molecule has 1 unspecified atom stereocenters. The summed E-state index contributed by atoms with van der Waals surface area (Å²) in [5.74, 6) is -0.799. The minimum Gasteiger partial charge on any atom is -0.369 e. The molecule has 2 aromatic carbocycles. The van der Waals surface area contributed by atoms with E-state index in [9.17, 15) is 9.18 Å². The molecule has 0 spiro atoms. The Labute approximate surface area is 178 Å². The molecule has 0 saturated carbocycles. The zero-order chi connectivity index (χ0) is 21.7. The molecular weight excluding hydrogens is 397 g/mol. The molecule has 2 N–H and O–H groups in total. The SMILES string of the molecule is CNC1CCN(c2ccc(C(=O)Nc3cc(F)c4nn(C)cc4c3)c3nn(C)cc23)C1. The van der Waals surface area contributed by atoms with E-state index >= 15 is 0 Å². The number of anilines is 2. The Morgan fingerprint density at radius 1 is 1.13 bits per heavy atom. The zero-order valence-corrected chi connectivity index (χ0v) is 17.7. The fourth-order valence-corrected chi connectivity index (χ4v) is 4.36. The van der Waals surface area contributed by atoms with Gasteiger partial charge in [-0.05, 0) is 37.7 Å². The molecule has 31 heavy (non-hydrogen) atoms. The van der Waals surface area contributed by atoms with Crippen LogP contribution in [-0.2, 0) is 14.1 Å². The van der Waals surface area contributed by atoms with Crippen molar-refractivity contribution in [1.29, 1.82) is 0 Å².